The minimum atomic E-state index is -0.250. The summed E-state index contributed by atoms with van der Waals surface area (Å²) in [5.74, 6) is 0. The van der Waals surface area contributed by atoms with E-state index in [9.17, 15) is 0 Å². The summed E-state index contributed by atoms with van der Waals surface area (Å²) < 4.78 is 2.35. The summed E-state index contributed by atoms with van der Waals surface area (Å²) in [7, 11) is 1.94. The van der Waals surface area contributed by atoms with Crippen molar-refractivity contribution in [2.24, 2.45) is 0 Å². The molecule has 0 atom stereocenters. The molecule has 0 aromatic heterocycles. The standard InChI is InChI=1S/C4H10NS.CH2O2.Na/c1-3-5(6)4-2;2-1-3;/h3-4H2,1-2H3;1H,(H,2,3);/q-1;;+1. The van der Waals surface area contributed by atoms with Gasteiger partial charge in [-0.25, -0.2) is 0 Å². The number of hydrogen-bond acceptors (Lipinski definition) is 3. The van der Waals surface area contributed by atoms with E-state index in [1.807, 2.05) is 8.07 Å². The maximum Gasteiger partial charge on any atom is 0.290 e. The first-order valence-electron chi connectivity index (χ1n) is 3.13. The van der Waals surface area contributed by atoms with Gasteiger partial charge in [0, 0.05) is 0 Å². The monoisotopic (exact) mass is 173 g/mol. The Balaban J connectivity index is 0. The summed E-state index contributed by atoms with van der Waals surface area (Å²) in [4.78, 5) is 8.36. The van der Waals surface area contributed by atoms with Crippen LogP contribution in [0, 0.1) is 0 Å². The molecule has 0 radical (unpaired) electrons. The number of hydrogen-bond donors (Lipinski definition) is 1. The minimum absolute atomic E-state index is 0.250. The molecule has 3 nitrogen and oxygen atoms in total. The van der Waals surface area contributed by atoms with Gasteiger partial charge in [0.2, 0.25) is 0 Å². The van der Waals surface area contributed by atoms with Crippen LogP contribution in [0.25, 0.3) is 0 Å². The van der Waals surface area contributed by atoms with Gasteiger partial charge in [-0.15, -0.1) is 0 Å². The molecular weight excluding hydrogens is 161 g/mol. The Kier molecular flexibility index (Phi) is 16.7. The SMILES string of the molecule is CCN(CC)[S][Na].O=CO. The summed E-state index contributed by atoms with van der Waals surface area (Å²) in [6.45, 7) is 6.50. The van der Waals surface area contributed by atoms with Gasteiger partial charge in [-0.2, -0.15) is 0 Å². The second kappa shape index (κ2) is 12.5. The van der Waals surface area contributed by atoms with Gasteiger partial charge in [-0.1, -0.05) is 0 Å². The second-order valence-electron chi connectivity index (χ2n) is 1.40. The van der Waals surface area contributed by atoms with Crippen LogP contribution in [0.3, 0.4) is 0 Å². The molecular formula is C5H12NNaO2S. The van der Waals surface area contributed by atoms with Crippen molar-refractivity contribution in [1.82, 2.24) is 4.31 Å². The first-order valence-corrected chi connectivity index (χ1v) is 6.76. The van der Waals surface area contributed by atoms with Crippen molar-refractivity contribution in [1.29, 1.82) is 0 Å². The van der Waals surface area contributed by atoms with Gasteiger partial charge in [-0.3, -0.25) is 4.79 Å². The van der Waals surface area contributed by atoms with Crippen LogP contribution in [0.15, 0.2) is 0 Å². The Hall–Kier alpha value is 0.780. The fraction of sp³-hybridized carbons (Fsp3) is 0.800. The molecule has 0 rings (SSSR count). The molecule has 0 aliphatic carbocycles. The zero-order chi connectivity index (χ0) is 8.41. The van der Waals surface area contributed by atoms with Gasteiger partial charge >= 0.3 is 65.7 Å². The summed E-state index contributed by atoms with van der Waals surface area (Å²) >= 11 is 1.23. The molecule has 5 heteroatoms. The van der Waals surface area contributed by atoms with Crippen LogP contribution in [0.4, 0.5) is 0 Å². The molecule has 0 amide bonds. The Morgan fingerprint density at radius 1 is 1.60 bits per heavy atom. The van der Waals surface area contributed by atoms with E-state index in [2.05, 4.69) is 18.2 Å². The third kappa shape index (κ3) is 11.6. The molecule has 0 heterocycles. The van der Waals surface area contributed by atoms with Crippen LogP contribution in [-0.2, 0) is 4.79 Å². The third-order valence-corrected chi connectivity index (χ3v) is 3.55. The number of carbonyl (C=O) groups is 1. The van der Waals surface area contributed by atoms with Gasteiger partial charge in [0.15, 0.2) is 0 Å². The van der Waals surface area contributed by atoms with Gasteiger partial charge in [0.25, 0.3) is 6.47 Å². The van der Waals surface area contributed by atoms with E-state index in [0.29, 0.717) is 0 Å². The average molecular weight is 173 g/mol. The van der Waals surface area contributed by atoms with E-state index < -0.39 is 0 Å². The zero-order valence-corrected chi connectivity index (χ0v) is 9.52. The first kappa shape index (κ1) is 13.4. The molecule has 0 bridgehead atoms. The fourth-order valence-corrected chi connectivity index (χ4v) is 2.55. The Morgan fingerprint density at radius 2 is 1.90 bits per heavy atom. The van der Waals surface area contributed by atoms with Crippen LogP contribution in [0.2, 0.25) is 0 Å². The molecule has 0 saturated carbocycles. The van der Waals surface area contributed by atoms with Crippen LogP contribution >= 0.6 is 8.07 Å². The van der Waals surface area contributed by atoms with Gasteiger partial charge < -0.3 is 5.11 Å². The van der Waals surface area contributed by atoms with E-state index in [-0.39, 0.29) is 6.47 Å². The molecule has 0 aromatic carbocycles. The molecule has 0 aliphatic heterocycles. The molecule has 10 heavy (non-hydrogen) atoms. The molecule has 1 N–H and O–H groups in total. The van der Waals surface area contributed by atoms with Crippen LogP contribution < -0.4 is 0 Å². The molecule has 56 valence electrons. The summed E-state index contributed by atoms with van der Waals surface area (Å²) in [5, 5.41) is 6.89. The van der Waals surface area contributed by atoms with Gasteiger partial charge in [-0.05, 0) is 0 Å². The average Bonchev–Trinajstić information content (AvgIpc) is 1.93. The van der Waals surface area contributed by atoms with Crippen molar-refractivity contribution in [2.75, 3.05) is 13.1 Å². The molecule has 0 fully saturated rings. The van der Waals surface area contributed by atoms with E-state index in [1.54, 1.807) is 0 Å². The van der Waals surface area contributed by atoms with Crippen molar-refractivity contribution in [3.8, 4) is 0 Å². The van der Waals surface area contributed by atoms with Crippen LogP contribution in [0.1, 0.15) is 13.8 Å². The summed E-state index contributed by atoms with van der Waals surface area (Å²) in [5.41, 5.74) is 0. The topological polar surface area (TPSA) is 40.5 Å². The normalized spacial score (nSPS) is 8.50. The van der Waals surface area contributed by atoms with Crippen LogP contribution in [0.5, 0.6) is 0 Å². The van der Waals surface area contributed by atoms with Crippen molar-refractivity contribution >= 4 is 40.9 Å². The second-order valence-corrected chi connectivity index (χ2v) is 3.38. The zero-order valence-electron chi connectivity index (χ0n) is 6.70. The van der Waals surface area contributed by atoms with Crippen LogP contribution in [-0.4, -0.2) is 55.3 Å². The molecule has 0 spiro atoms. The van der Waals surface area contributed by atoms with Crippen molar-refractivity contribution in [3.63, 3.8) is 0 Å². The molecule has 0 unspecified atom stereocenters. The first-order chi connectivity index (χ1) is 4.76. The predicted octanol–water partition coefficient (Wildman–Crippen LogP) is 0.761. The number of nitrogens with zero attached hydrogens (tertiary/aromatic N) is 1. The number of rotatable bonds is 3. The maximum atomic E-state index is 8.36. The quantitative estimate of drug-likeness (QED) is 0.388. The van der Waals surface area contributed by atoms with E-state index in [4.69, 9.17) is 9.90 Å². The Morgan fingerprint density at radius 3 is 1.90 bits per heavy atom. The fourth-order valence-electron chi connectivity index (χ4n) is 0.482. The molecule has 0 aromatic rings. The predicted molar refractivity (Wildman–Crippen MR) is 45.0 cm³/mol. The summed E-state index contributed by atoms with van der Waals surface area (Å²) in [6, 6.07) is 0. The van der Waals surface area contributed by atoms with Gasteiger partial charge in [0.1, 0.15) is 0 Å². The van der Waals surface area contributed by atoms with Gasteiger partial charge in [0.05, 0.1) is 0 Å². The summed E-state index contributed by atoms with van der Waals surface area (Å²) in [6.07, 6.45) is 0. The van der Waals surface area contributed by atoms with Crippen molar-refractivity contribution in [2.45, 2.75) is 13.8 Å². The van der Waals surface area contributed by atoms with Crippen molar-refractivity contribution < 1.29 is 9.90 Å². The number of carboxylic acid groups (broad SMARTS) is 1. The Labute approximate surface area is 81.7 Å². The molecule has 0 saturated heterocycles. The third-order valence-electron chi connectivity index (χ3n) is 0.964. The molecule has 0 aliphatic rings. The largest absolute Gasteiger partial charge is 0.483 e. The maximum absolute atomic E-state index is 8.36. The van der Waals surface area contributed by atoms with E-state index >= 15 is 0 Å². The van der Waals surface area contributed by atoms with E-state index in [1.165, 1.54) is 39.4 Å². The van der Waals surface area contributed by atoms with E-state index in [0.717, 1.165) is 0 Å². The Bertz CT molecular complexity index is 65.2. The smallest absolute Gasteiger partial charge is 0.290 e. The van der Waals surface area contributed by atoms with Crippen molar-refractivity contribution in [3.05, 3.63) is 0 Å². The minimum Gasteiger partial charge on any atom is -0.483 e.